The van der Waals surface area contributed by atoms with Gasteiger partial charge in [-0.05, 0) is 44.0 Å². The fourth-order valence-corrected chi connectivity index (χ4v) is 5.00. The van der Waals surface area contributed by atoms with Gasteiger partial charge in [0.1, 0.15) is 0 Å². The molecule has 0 saturated carbocycles. The summed E-state index contributed by atoms with van der Waals surface area (Å²) in [6.07, 6.45) is -7.57. The third kappa shape index (κ3) is 4.62. The molecule has 0 bridgehead atoms. The molecule has 13 heteroatoms. The second-order valence-corrected chi connectivity index (χ2v) is 9.19. The molecule has 1 aromatic heterocycles. The maximum absolute atomic E-state index is 13.6. The third-order valence-corrected chi connectivity index (χ3v) is 7.07. The predicted molar refractivity (Wildman–Crippen MR) is 116 cm³/mol. The van der Waals surface area contributed by atoms with Crippen molar-refractivity contribution in [3.8, 4) is 0 Å². The number of benzene rings is 1. The minimum absolute atomic E-state index is 0.0244. The normalized spacial score (nSPS) is 21.5. The molecule has 4 rings (SSSR count). The van der Waals surface area contributed by atoms with Crippen LogP contribution in [0.5, 0.6) is 0 Å². The van der Waals surface area contributed by atoms with Crippen molar-refractivity contribution in [3.05, 3.63) is 52.3 Å². The first-order chi connectivity index (χ1) is 16.7. The highest BCUT2D eigenvalue weighted by Gasteiger charge is 2.47. The number of aryl methyl sites for hydroxylation is 1. The molecule has 3 heterocycles. The molecule has 2 fully saturated rings. The smallest absolute Gasteiger partial charge is 0.335 e. The average molecular weight is 517 g/mol. The van der Waals surface area contributed by atoms with Crippen LogP contribution in [0.25, 0.3) is 0 Å². The van der Waals surface area contributed by atoms with Crippen molar-refractivity contribution in [2.45, 2.75) is 57.2 Å². The van der Waals surface area contributed by atoms with E-state index in [2.05, 4.69) is 10.2 Å². The molecular weight excluding hydrogens is 492 g/mol. The lowest BCUT2D eigenvalue weighted by atomic mass is 9.94. The highest BCUT2D eigenvalue weighted by Crippen LogP contribution is 2.41. The fourth-order valence-electron chi connectivity index (χ4n) is 5.00. The zero-order valence-electron chi connectivity index (χ0n) is 19.7. The van der Waals surface area contributed by atoms with E-state index in [-0.39, 0.29) is 36.7 Å². The Labute approximate surface area is 203 Å². The van der Waals surface area contributed by atoms with Gasteiger partial charge in [-0.1, -0.05) is 0 Å². The number of carbonyl (C=O) groups excluding carboxylic acids is 2. The summed E-state index contributed by atoms with van der Waals surface area (Å²) in [6, 6.07) is -1.21. The van der Waals surface area contributed by atoms with Gasteiger partial charge in [0, 0.05) is 37.8 Å². The number of alkyl halides is 6. The Hall–Kier alpha value is -3.25. The summed E-state index contributed by atoms with van der Waals surface area (Å²) in [4.78, 5) is 30.3. The number of carbonyl (C=O) groups is 2. The molecule has 0 aliphatic carbocycles. The molecule has 196 valence electrons. The van der Waals surface area contributed by atoms with Crippen molar-refractivity contribution >= 4 is 11.9 Å². The van der Waals surface area contributed by atoms with Crippen LogP contribution in [-0.2, 0) is 17.1 Å². The SMILES string of the molecule is Cc1[nH]ncc1[C@H]1[C@@H]2CCC(=O)N2CCN1C(=O)N(C)[C@H](C)c1cc(C(F)(F)F)cc(C(F)(F)F)c1. The lowest BCUT2D eigenvalue weighted by Gasteiger charge is -2.46. The van der Waals surface area contributed by atoms with Crippen molar-refractivity contribution in [2.75, 3.05) is 20.1 Å². The Balaban J connectivity index is 1.68. The predicted octanol–water partition coefficient (Wildman–Crippen LogP) is 4.92. The molecule has 7 nitrogen and oxygen atoms in total. The number of fused-ring (bicyclic) bond motifs is 1. The van der Waals surface area contributed by atoms with Crippen molar-refractivity contribution < 1.29 is 35.9 Å². The zero-order chi connectivity index (χ0) is 26.6. The molecule has 1 N–H and O–H groups in total. The van der Waals surface area contributed by atoms with E-state index < -0.39 is 41.6 Å². The summed E-state index contributed by atoms with van der Waals surface area (Å²) >= 11 is 0. The van der Waals surface area contributed by atoms with Crippen LogP contribution >= 0.6 is 0 Å². The van der Waals surface area contributed by atoms with E-state index in [1.54, 1.807) is 18.0 Å². The first-order valence-corrected chi connectivity index (χ1v) is 11.3. The number of hydrogen-bond acceptors (Lipinski definition) is 3. The number of rotatable bonds is 3. The van der Waals surface area contributed by atoms with E-state index in [4.69, 9.17) is 0 Å². The second kappa shape index (κ2) is 9.00. The monoisotopic (exact) mass is 517 g/mol. The standard InChI is InChI=1S/C23H25F6N5O2/c1-12-17(11-30-31-12)20-18-4-5-19(35)33(18)6-7-34(20)21(36)32(3)13(2)14-8-15(22(24,25)26)10-16(9-14)23(27,28)29/h8-11,13,18,20H,4-7H2,1-3H3,(H,30,31)/t13-,18+,20+/m1/s1. The second-order valence-electron chi connectivity index (χ2n) is 9.19. The Morgan fingerprint density at radius 1 is 1.11 bits per heavy atom. The molecule has 3 amide bonds. The van der Waals surface area contributed by atoms with Crippen molar-refractivity contribution in [3.63, 3.8) is 0 Å². The van der Waals surface area contributed by atoms with Gasteiger partial charge in [-0.2, -0.15) is 31.4 Å². The molecule has 2 aliphatic heterocycles. The number of urea groups is 1. The van der Waals surface area contributed by atoms with Crippen LogP contribution in [0, 0.1) is 6.92 Å². The van der Waals surface area contributed by atoms with Crippen LogP contribution < -0.4 is 0 Å². The molecule has 0 radical (unpaired) electrons. The van der Waals surface area contributed by atoms with E-state index in [9.17, 15) is 35.9 Å². The number of halogens is 6. The third-order valence-electron chi connectivity index (χ3n) is 7.07. The quantitative estimate of drug-likeness (QED) is 0.588. The summed E-state index contributed by atoms with van der Waals surface area (Å²) in [5, 5.41) is 6.84. The van der Waals surface area contributed by atoms with Gasteiger partial charge < -0.3 is 14.7 Å². The molecule has 2 aromatic rings. The largest absolute Gasteiger partial charge is 0.416 e. The van der Waals surface area contributed by atoms with Crippen LogP contribution in [0.15, 0.2) is 24.4 Å². The lowest BCUT2D eigenvalue weighted by Crippen LogP contribution is -2.57. The fraction of sp³-hybridized carbons (Fsp3) is 0.522. The van der Waals surface area contributed by atoms with E-state index >= 15 is 0 Å². The van der Waals surface area contributed by atoms with Gasteiger partial charge in [0.2, 0.25) is 5.91 Å². The number of aromatic nitrogens is 2. The molecule has 36 heavy (non-hydrogen) atoms. The summed E-state index contributed by atoms with van der Waals surface area (Å²) in [7, 11) is 1.34. The van der Waals surface area contributed by atoms with Gasteiger partial charge in [-0.15, -0.1) is 0 Å². The van der Waals surface area contributed by atoms with Crippen LogP contribution in [0.4, 0.5) is 31.1 Å². The highest BCUT2D eigenvalue weighted by atomic mass is 19.4. The van der Waals surface area contributed by atoms with Crippen LogP contribution in [-0.4, -0.2) is 63.0 Å². The van der Waals surface area contributed by atoms with Crippen LogP contribution in [0.3, 0.4) is 0 Å². The summed E-state index contributed by atoms with van der Waals surface area (Å²) in [6.45, 7) is 3.59. The van der Waals surface area contributed by atoms with Gasteiger partial charge in [-0.3, -0.25) is 9.89 Å². The van der Waals surface area contributed by atoms with E-state index in [1.807, 2.05) is 0 Å². The van der Waals surface area contributed by atoms with Crippen molar-refractivity contribution in [1.29, 1.82) is 0 Å². The maximum Gasteiger partial charge on any atom is 0.416 e. The van der Waals surface area contributed by atoms with Crippen LogP contribution in [0.2, 0.25) is 0 Å². The van der Waals surface area contributed by atoms with Gasteiger partial charge in [0.15, 0.2) is 0 Å². The van der Waals surface area contributed by atoms with E-state index in [1.165, 1.54) is 18.9 Å². The summed E-state index contributed by atoms with van der Waals surface area (Å²) in [5.41, 5.74) is -1.77. The number of nitrogens with one attached hydrogen (secondary N) is 1. The topological polar surface area (TPSA) is 72.5 Å². The van der Waals surface area contributed by atoms with Crippen molar-refractivity contribution in [2.24, 2.45) is 0 Å². The lowest BCUT2D eigenvalue weighted by molar-refractivity contribution is -0.143. The Morgan fingerprint density at radius 2 is 1.72 bits per heavy atom. The minimum Gasteiger partial charge on any atom is -0.335 e. The molecule has 1 aromatic carbocycles. The molecule has 2 aliphatic rings. The zero-order valence-corrected chi connectivity index (χ0v) is 19.7. The van der Waals surface area contributed by atoms with Gasteiger partial charge in [0.25, 0.3) is 0 Å². The highest BCUT2D eigenvalue weighted by molar-refractivity contribution is 5.81. The van der Waals surface area contributed by atoms with Crippen molar-refractivity contribution in [1.82, 2.24) is 24.9 Å². The van der Waals surface area contributed by atoms with E-state index in [0.717, 1.165) is 4.90 Å². The Bertz CT molecular complexity index is 1130. The number of nitrogens with zero attached hydrogens (tertiary/aromatic N) is 4. The summed E-state index contributed by atoms with van der Waals surface area (Å²) < 4.78 is 80.1. The molecule has 0 unspecified atom stereocenters. The first-order valence-electron chi connectivity index (χ1n) is 11.3. The number of amides is 3. The molecule has 3 atom stereocenters. The Morgan fingerprint density at radius 3 is 2.25 bits per heavy atom. The number of H-pyrrole nitrogens is 1. The van der Waals surface area contributed by atoms with Crippen LogP contribution in [0.1, 0.15) is 59.8 Å². The van der Waals surface area contributed by atoms with Gasteiger partial charge in [-0.25, -0.2) is 4.79 Å². The first kappa shape index (κ1) is 25.8. The average Bonchev–Trinajstić information content (AvgIpc) is 3.40. The number of piperazine rings is 1. The minimum atomic E-state index is -4.99. The molecular formula is C23H25F6N5O2. The Kier molecular flexibility index (Phi) is 6.46. The summed E-state index contributed by atoms with van der Waals surface area (Å²) in [5.74, 6) is -0.0244. The molecule has 0 spiro atoms. The molecule has 2 saturated heterocycles. The maximum atomic E-state index is 13.6. The van der Waals surface area contributed by atoms with Gasteiger partial charge >= 0.3 is 18.4 Å². The van der Waals surface area contributed by atoms with E-state index in [0.29, 0.717) is 36.2 Å². The van der Waals surface area contributed by atoms with Gasteiger partial charge in [0.05, 0.1) is 35.4 Å². The number of hydrogen-bond donors (Lipinski definition) is 1. The number of aromatic amines is 1.